The second-order valence-electron chi connectivity index (χ2n) is 3.80. The van der Waals surface area contributed by atoms with E-state index in [1.807, 2.05) is 12.1 Å². The van der Waals surface area contributed by atoms with E-state index >= 15 is 0 Å². The molecule has 1 aliphatic rings. The molecule has 1 aromatic rings. The minimum atomic E-state index is -0.259. The van der Waals surface area contributed by atoms with Crippen LogP contribution in [0.5, 0.6) is 0 Å². The van der Waals surface area contributed by atoms with Gasteiger partial charge in [-0.2, -0.15) is 0 Å². The summed E-state index contributed by atoms with van der Waals surface area (Å²) in [7, 11) is 0. The van der Waals surface area contributed by atoms with Gasteiger partial charge in [0, 0.05) is 6.20 Å². The number of pyridine rings is 1. The molecule has 0 saturated heterocycles. The molecule has 0 bridgehead atoms. The van der Waals surface area contributed by atoms with Gasteiger partial charge in [-0.3, -0.25) is 4.98 Å². The molecule has 13 heavy (non-hydrogen) atoms. The summed E-state index contributed by atoms with van der Waals surface area (Å²) < 4.78 is 0. The predicted molar refractivity (Wildman–Crippen MR) is 53.0 cm³/mol. The second-order valence-corrected chi connectivity index (χ2v) is 3.80. The Hall–Kier alpha value is -1.09. The highest BCUT2D eigenvalue weighted by atomic mass is 14.9. The van der Waals surface area contributed by atoms with Crippen LogP contribution >= 0.6 is 0 Å². The molecule has 0 spiro atoms. The molecule has 0 unspecified atom stereocenters. The smallest absolute Gasteiger partial charge is 0.0831 e. The lowest BCUT2D eigenvalue weighted by atomic mass is 9.93. The van der Waals surface area contributed by atoms with Gasteiger partial charge in [0.05, 0.1) is 16.9 Å². The molecule has 70 valence electrons. The van der Waals surface area contributed by atoms with E-state index in [0.717, 1.165) is 24.2 Å². The van der Waals surface area contributed by atoms with Gasteiger partial charge in [-0.25, -0.2) is 0 Å². The van der Waals surface area contributed by atoms with E-state index in [2.05, 4.69) is 4.98 Å². The normalized spacial score (nSPS) is 20.4. The molecular weight excluding hydrogens is 162 g/mol. The first-order valence-corrected chi connectivity index (χ1v) is 4.72. The zero-order chi connectivity index (χ0) is 9.31. The molecule has 4 N–H and O–H groups in total. The molecular formula is C10H15N3. The van der Waals surface area contributed by atoms with Crippen LogP contribution in [0.25, 0.3) is 0 Å². The van der Waals surface area contributed by atoms with Gasteiger partial charge >= 0.3 is 0 Å². The van der Waals surface area contributed by atoms with Gasteiger partial charge < -0.3 is 11.5 Å². The lowest BCUT2D eigenvalue weighted by Crippen LogP contribution is -2.35. The van der Waals surface area contributed by atoms with Gasteiger partial charge in [-0.05, 0) is 25.0 Å². The van der Waals surface area contributed by atoms with Crippen molar-refractivity contribution in [2.24, 2.45) is 5.73 Å². The quantitative estimate of drug-likeness (QED) is 0.681. The van der Waals surface area contributed by atoms with Crippen LogP contribution in [0.3, 0.4) is 0 Å². The minimum absolute atomic E-state index is 0.259. The van der Waals surface area contributed by atoms with E-state index in [1.165, 1.54) is 12.8 Å². The Labute approximate surface area is 78.1 Å². The van der Waals surface area contributed by atoms with Crippen LogP contribution in [-0.2, 0) is 5.54 Å². The van der Waals surface area contributed by atoms with Gasteiger partial charge in [0.2, 0.25) is 0 Å². The van der Waals surface area contributed by atoms with E-state index in [1.54, 1.807) is 6.20 Å². The van der Waals surface area contributed by atoms with Crippen LogP contribution in [0, 0.1) is 0 Å². The van der Waals surface area contributed by atoms with Crippen LogP contribution < -0.4 is 11.5 Å². The van der Waals surface area contributed by atoms with Gasteiger partial charge in [-0.15, -0.1) is 0 Å². The van der Waals surface area contributed by atoms with Crippen LogP contribution in [-0.4, -0.2) is 4.98 Å². The fourth-order valence-electron chi connectivity index (χ4n) is 2.08. The van der Waals surface area contributed by atoms with Crippen molar-refractivity contribution in [1.82, 2.24) is 4.98 Å². The number of nitrogens with zero attached hydrogens (tertiary/aromatic N) is 1. The summed E-state index contributed by atoms with van der Waals surface area (Å²) in [6.07, 6.45) is 6.15. The van der Waals surface area contributed by atoms with Gasteiger partial charge in [-0.1, -0.05) is 12.8 Å². The van der Waals surface area contributed by atoms with Crippen LogP contribution in [0.1, 0.15) is 31.4 Å². The first-order chi connectivity index (χ1) is 6.22. The standard InChI is InChI=1S/C10H15N3/c11-8-4-3-7-13-9(8)10(12)5-1-2-6-10/h3-4,7H,1-2,5-6,11-12H2. The van der Waals surface area contributed by atoms with Crippen molar-refractivity contribution in [3.05, 3.63) is 24.0 Å². The van der Waals surface area contributed by atoms with Crippen molar-refractivity contribution in [3.8, 4) is 0 Å². The molecule has 1 aromatic heterocycles. The summed E-state index contributed by atoms with van der Waals surface area (Å²) in [6, 6.07) is 3.71. The summed E-state index contributed by atoms with van der Waals surface area (Å²) in [6.45, 7) is 0. The number of nitrogens with two attached hydrogens (primary N) is 2. The topological polar surface area (TPSA) is 64.9 Å². The molecule has 2 rings (SSSR count). The maximum atomic E-state index is 6.24. The Balaban J connectivity index is 2.39. The summed E-state index contributed by atoms with van der Waals surface area (Å²) in [5.41, 5.74) is 13.4. The Bertz CT molecular complexity index is 303. The number of anilines is 1. The van der Waals surface area contributed by atoms with E-state index in [4.69, 9.17) is 11.5 Å². The fourth-order valence-corrected chi connectivity index (χ4v) is 2.08. The van der Waals surface area contributed by atoms with Gasteiger partial charge in [0.25, 0.3) is 0 Å². The van der Waals surface area contributed by atoms with Crippen molar-refractivity contribution >= 4 is 5.69 Å². The van der Waals surface area contributed by atoms with Crippen molar-refractivity contribution in [2.45, 2.75) is 31.2 Å². The molecule has 0 atom stereocenters. The largest absolute Gasteiger partial charge is 0.397 e. The molecule has 1 aliphatic carbocycles. The van der Waals surface area contributed by atoms with Crippen molar-refractivity contribution in [2.75, 3.05) is 5.73 Å². The van der Waals surface area contributed by atoms with Gasteiger partial charge in [0.15, 0.2) is 0 Å². The molecule has 0 amide bonds. The first kappa shape index (κ1) is 8.51. The zero-order valence-electron chi connectivity index (χ0n) is 7.66. The van der Waals surface area contributed by atoms with Crippen LogP contribution in [0.4, 0.5) is 5.69 Å². The molecule has 0 radical (unpaired) electrons. The average Bonchev–Trinajstić information content (AvgIpc) is 2.54. The number of hydrogen-bond acceptors (Lipinski definition) is 3. The maximum Gasteiger partial charge on any atom is 0.0831 e. The summed E-state index contributed by atoms with van der Waals surface area (Å²) >= 11 is 0. The van der Waals surface area contributed by atoms with Crippen molar-refractivity contribution in [3.63, 3.8) is 0 Å². The number of aromatic nitrogens is 1. The molecule has 3 nitrogen and oxygen atoms in total. The fraction of sp³-hybridized carbons (Fsp3) is 0.500. The lowest BCUT2D eigenvalue weighted by Gasteiger charge is -2.23. The van der Waals surface area contributed by atoms with Crippen LogP contribution in [0.15, 0.2) is 18.3 Å². The van der Waals surface area contributed by atoms with E-state index in [9.17, 15) is 0 Å². The second kappa shape index (κ2) is 3.00. The Morgan fingerprint density at radius 1 is 1.31 bits per heavy atom. The third-order valence-electron chi connectivity index (χ3n) is 2.81. The lowest BCUT2D eigenvalue weighted by molar-refractivity contribution is 0.449. The Kier molecular flexibility index (Phi) is 1.96. The van der Waals surface area contributed by atoms with E-state index in [0.29, 0.717) is 0 Å². The highest BCUT2D eigenvalue weighted by Crippen LogP contribution is 2.37. The van der Waals surface area contributed by atoms with Crippen molar-refractivity contribution < 1.29 is 0 Å². The van der Waals surface area contributed by atoms with E-state index in [-0.39, 0.29) is 5.54 Å². The number of nitrogen functional groups attached to an aromatic ring is 1. The highest BCUT2D eigenvalue weighted by Gasteiger charge is 2.33. The van der Waals surface area contributed by atoms with Crippen molar-refractivity contribution in [1.29, 1.82) is 0 Å². The maximum absolute atomic E-state index is 6.24. The summed E-state index contributed by atoms with van der Waals surface area (Å²) in [4.78, 5) is 4.28. The minimum Gasteiger partial charge on any atom is -0.397 e. The first-order valence-electron chi connectivity index (χ1n) is 4.72. The molecule has 0 aromatic carbocycles. The van der Waals surface area contributed by atoms with Gasteiger partial charge in [0.1, 0.15) is 0 Å². The van der Waals surface area contributed by atoms with E-state index < -0.39 is 0 Å². The Morgan fingerprint density at radius 2 is 2.00 bits per heavy atom. The monoisotopic (exact) mass is 177 g/mol. The molecule has 1 heterocycles. The number of rotatable bonds is 1. The molecule has 0 aliphatic heterocycles. The summed E-state index contributed by atoms with van der Waals surface area (Å²) in [5, 5.41) is 0. The molecule has 1 saturated carbocycles. The Morgan fingerprint density at radius 3 is 2.62 bits per heavy atom. The number of hydrogen-bond donors (Lipinski definition) is 2. The SMILES string of the molecule is Nc1cccnc1C1(N)CCCC1. The molecule has 1 fully saturated rings. The predicted octanol–water partition coefficient (Wildman–Crippen LogP) is 1.39. The molecule has 3 heteroatoms. The van der Waals surface area contributed by atoms with Crippen LogP contribution in [0.2, 0.25) is 0 Å². The zero-order valence-corrected chi connectivity index (χ0v) is 7.66. The summed E-state index contributed by atoms with van der Waals surface area (Å²) in [5.74, 6) is 0. The third kappa shape index (κ3) is 1.40. The average molecular weight is 177 g/mol. The third-order valence-corrected chi connectivity index (χ3v) is 2.81. The highest BCUT2D eigenvalue weighted by molar-refractivity contribution is 5.46.